The fraction of sp³-hybridized carbons (Fsp3) is 0.692. The number of hydrogen-bond donors (Lipinski definition) is 7. The number of unbranched alkanes of at least 4 members (excludes halogenated alkanes) is 4. The van der Waals surface area contributed by atoms with Crippen LogP contribution in [0.15, 0.2) is 42.6 Å². The highest BCUT2D eigenvalue weighted by atomic mass is 16.4. The molecule has 9 heteroatoms. The minimum atomic E-state index is -1.04. The number of anilines is 1. The molecule has 2 aromatic heterocycles. The van der Waals surface area contributed by atoms with Crippen molar-refractivity contribution in [3.63, 3.8) is 0 Å². The Hall–Kier alpha value is -2.72. The van der Waals surface area contributed by atoms with E-state index in [1.54, 1.807) is 6.20 Å². The van der Waals surface area contributed by atoms with Crippen LogP contribution in [0.3, 0.4) is 0 Å². The minimum absolute atomic E-state index is 0.0615. The third kappa shape index (κ3) is 11.4. The number of pyridine rings is 1. The van der Waals surface area contributed by atoms with Gasteiger partial charge >= 0.3 is 5.97 Å². The lowest BCUT2D eigenvalue weighted by molar-refractivity contribution is -0.146. The van der Waals surface area contributed by atoms with Gasteiger partial charge < -0.3 is 36.3 Å². The molecule has 8 unspecified atom stereocenters. The third-order valence-corrected chi connectivity index (χ3v) is 11.1. The predicted octanol–water partition coefficient (Wildman–Crippen LogP) is 6.00. The molecule has 2 aromatic rings. The lowest BCUT2D eigenvalue weighted by Crippen LogP contribution is -2.37. The van der Waals surface area contributed by atoms with Gasteiger partial charge in [-0.2, -0.15) is 0 Å². The van der Waals surface area contributed by atoms with Crippen LogP contribution in [0.5, 0.6) is 0 Å². The van der Waals surface area contributed by atoms with E-state index in [9.17, 15) is 30.3 Å². The molecule has 4 rings (SSSR count). The number of aromatic amines is 1. The van der Waals surface area contributed by atoms with Gasteiger partial charge in [-0.3, -0.25) is 4.79 Å². The zero-order chi connectivity index (χ0) is 34.5. The van der Waals surface area contributed by atoms with Crippen LogP contribution >= 0.6 is 0 Å². The van der Waals surface area contributed by atoms with Crippen molar-refractivity contribution in [1.29, 1.82) is 0 Å². The number of hydrogen-bond acceptors (Lipinski definition) is 7. The monoisotopic (exact) mass is 667 g/mol. The molecule has 0 spiro atoms. The quantitative estimate of drug-likeness (QED) is 0.0628. The number of carboxylic acid groups (broad SMARTS) is 1. The molecular formula is C39H61N3O6. The van der Waals surface area contributed by atoms with E-state index >= 15 is 0 Å². The number of aromatic nitrogens is 2. The summed E-state index contributed by atoms with van der Waals surface area (Å²) < 4.78 is 0. The van der Waals surface area contributed by atoms with Gasteiger partial charge in [0.05, 0.1) is 23.7 Å². The van der Waals surface area contributed by atoms with E-state index in [2.05, 4.69) is 29.0 Å². The number of nitrogens with zero attached hydrogens (tertiary/aromatic N) is 1. The van der Waals surface area contributed by atoms with Crippen molar-refractivity contribution >= 4 is 11.8 Å². The van der Waals surface area contributed by atoms with Crippen molar-refractivity contribution in [3.8, 4) is 0 Å². The Morgan fingerprint density at radius 2 is 1.83 bits per heavy atom. The number of carboxylic acids is 1. The number of H-pyrrole nitrogens is 1. The highest BCUT2D eigenvalue weighted by molar-refractivity contribution is 5.70. The van der Waals surface area contributed by atoms with Crippen molar-refractivity contribution in [2.75, 3.05) is 12.3 Å². The standard InChI is InChI=1S/C39H61N3O6/c1-2-3-5-8-27-11-12-30(36(45)23-27)9-6-4-7-10-34(38(46)47)35(44)15-18-39(48)26-29(21-28-16-19-41-37(40)24-28)22-31(39)25-33-14-13-32(42-33)17-20-43/h11-14,16,19,24,27,29-31,34-36,42-45,48H,2-10,15,17-18,20-23,25-26H2,1H3,(H2,40,41)(H,46,47). The number of nitrogens with two attached hydrogens (primary N) is 1. The predicted molar refractivity (Wildman–Crippen MR) is 189 cm³/mol. The van der Waals surface area contributed by atoms with Gasteiger partial charge in [-0.05, 0) is 112 Å². The Labute approximate surface area is 287 Å². The van der Waals surface area contributed by atoms with Crippen LogP contribution in [0.25, 0.3) is 0 Å². The molecule has 268 valence electrons. The van der Waals surface area contributed by atoms with Crippen LogP contribution in [0, 0.1) is 29.6 Å². The van der Waals surface area contributed by atoms with Gasteiger partial charge in [-0.25, -0.2) is 4.98 Å². The molecule has 1 fully saturated rings. The summed E-state index contributed by atoms with van der Waals surface area (Å²) in [6.45, 7) is 2.27. The number of nitrogen functional groups attached to an aromatic ring is 1. The number of nitrogens with one attached hydrogen (secondary N) is 1. The fourth-order valence-corrected chi connectivity index (χ4v) is 8.35. The maximum atomic E-state index is 12.2. The number of rotatable bonds is 21. The largest absolute Gasteiger partial charge is 0.481 e. The average Bonchev–Trinajstić information content (AvgIpc) is 3.61. The van der Waals surface area contributed by atoms with Gasteiger partial charge in [0.2, 0.25) is 0 Å². The molecule has 9 nitrogen and oxygen atoms in total. The van der Waals surface area contributed by atoms with Crippen LogP contribution in [0.4, 0.5) is 5.82 Å². The zero-order valence-electron chi connectivity index (χ0n) is 29.0. The van der Waals surface area contributed by atoms with Crippen molar-refractivity contribution in [2.45, 2.75) is 134 Å². The first-order valence-electron chi connectivity index (χ1n) is 18.6. The molecule has 0 bridgehead atoms. The number of aliphatic hydroxyl groups is 4. The molecule has 8 atom stereocenters. The molecule has 2 heterocycles. The topological polar surface area (TPSA) is 173 Å². The van der Waals surface area contributed by atoms with E-state index in [0.29, 0.717) is 50.3 Å². The molecule has 0 aromatic carbocycles. The highest BCUT2D eigenvalue weighted by Gasteiger charge is 2.46. The summed E-state index contributed by atoms with van der Waals surface area (Å²) in [4.78, 5) is 19.7. The Balaban J connectivity index is 1.28. The Morgan fingerprint density at radius 3 is 2.56 bits per heavy atom. The first kappa shape index (κ1) is 38.1. The van der Waals surface area contributed by atoms with E-state index in [1.807, 2.05) is 24.3 Å². The Bertz CT molecular complexity index is 1280. The second-order valence-electron chi connectivity index (χ2n) is 14.9. The second kappa shape index (κ2) is 18.9. The molecule has 1 saturated carbocycles. The summed E-state index contributed by atoms with van der Waals surface area (Å²) in [5.74, 6) is -0.606. The number of carbonyl (C=O) groups is 1. The van der Waals surface area contributed by atoms with Gasteiger partial charge in [0.25, 0.3) is 0 Å². The van der Waals surface area contributed by atoms with Crippen molar-refractivity contribution < 1.29 is 30.3 Å². The minimum Gasteiger partial charge on any atom is -0.481 e. The van der Waals surface area contributed by atoms with Gasteiger partial charge in [0.15, 0.2) is 0 Å². The summed E-state index contributed by atoms with van der Waals surface area (Å²) >= 11 is 0. The maximum absolute atomic E-state index is 12.2. The second-order valence-corrected chi connectivity index (χ2v) is 14.9. The van der Waals surface area contributed by atoms with E-state index in [1.165, 1.54) is 19.3 Å². The van der Waals surface area contributed by atoms with E-state index in [-0.39, 0.29) is 36.9 Å². The van der Waals surface area contributed by atoms with Crippen LogP contribution in [0.2, 0.25) is 0 Å². The molecule has 8 N–H and O–H groups in total. The van der Waals surface area contributed by atoms with Gasteiger partial charge in [-0.1, -0.05) is 57.6 Å². The van der Waals surface area contributed by atoms with Crippen LogP contribution in [-0.4, -0.2) is 65.9 Å². The van der Waals surface area contributed by atoms with Crippen LogP contribution in [0.1, 0.15) is 114 Å². The smallest absolute Gasteiger partial charge is 0.309 e. The SMILES string of the molecule is CCCCCC1C=CC(CCCCCC(C(=O)O)C(O)CCC2(O)CC(Cc3ccnc(N)c3)CC2Cc2ccc(CCO)[nH]2)C(O)C1. The maximum Gasteiger partial charge on any atom is 0.309 e. The van der Waals surface area contributed by atoms with E-state index in [0.717, 1.165) is 61.9 Å². The average molecular weight is 668 g/mol. The highest BCUT2D eigenvalue weighted by Crippen LogP contribution is 2.46. The molecule has 0 aliphatic heterocycles. The fourth-order valence-electron chi connectivity index (χ4n) is 8.35. The van der Waals surface area contributed by atoms with Crippen LogP contribution in [-0.2, 0) is 24.1 Å². The summed E-state index contributed by atoms with van der Waals surface area (Å²) in [6.07, 6.45) is 18.1. The van der Waals surface area contributed by atoms with Crippen molar-refractivity contribution in [2.24, 2.45) is 29.6 Å². The molecule has 2 aliphatic carbocycles. The van der Waals surface area contributed by atoms with Crippen molar-refractivity contribution in [3.05, 3.63) is 59.6 Å². The molecule has 0 radical (unpaired) electrons. The van der Waals surface area contributed by atoms with Gasteiger partial charge in [0, 0.05) is 36.5 Å². The van der Waals surface area contributed by atoms with Gasteiger partial charge in [0.1, 0.15) is 5.82 Å². The molecule has 48 heavy (non-hydrogen) atoms. The normalized spacial score (nSPS) is 26.9. The molecule has 2 aliphatic rings. The van der Waals surface area contributed by atoms with Crippen molar-refractivity contribution in [1.82, 2.24) is 9.97 Å². The summed E-state index contributed by atoms with van der Waals surface area (Å²) in [6, 6.07) is 7.80. The first-order valence-corrected chi connectivity index (χ1v) is 18.6. The first-order chi connectivity index (χ1) is 23.1. The number of aliphatic carboxylic acids is 1. The third-order valence-electron chi connectivity index (χ3n) is 11.1. The Kier molecular flexibility index (Phi) is 15.0. The summed E-state index contributed by atoms with van der Waals surface area (Å²) in [7, 11) is 0. The number of aliphatic hydroxyl groups excluding tert-OH is 3. The summed E-state index contributed by atoms with van der Waals surface area (Å²) in [5, 5.41) is 53.2. The van der Waals surface area contributed by atoms with Crippen LogP contribution < -0.4 is 5.73 Å². The Morgan fingerprint density at radius 1 is 1.04 bits per heavy atom. The van der Waals surface area contributed by atoms with Gasteiger partial charge in [-0.15, -0.1) is 0 Å². The zero-order valence-corrected chi connectivity index (χ0v) is 29.0. The molecular weight excluding hydrogens is 606 g/mol. The molecule has 0 saturated heterocycles. The number of allylic oxidation sites excluding steroid dienone is 1. The lowest BCUT2D eigenvalue weighted by Gasteiger charge is -2.32. The van der Waals surface area contributed by atoms with E-state index in [4.69, 9.17) is 5.73 Å². The summed E-state index contributed by atoms with van der Waals surface area (Å²) in [5.41, 5.74) is 7.91. The van der Waals surface area contributed by atoms with E-state index < -0.39 is 23.6 Å². The molecule has 0 amide bonds. The lowest BCUT2D eigenvalue weighted by atomic mass is 9.80.